The van der Waals surface area contributed by atoms with Gasteiger partial charge in [-0.15, -0.1) is 0 Å². The molecule has 1 aromatic carbocycles. The van der Waals surface area contributed by atoms with Crippen LogP contribution >= 0.6 is 0 Å². The van der Waals surface area contributed by atoms with E-state index >= 15 is 0 Å². The lowest BCUT2D eigenvalue weighted by atomic mass is 10.1. The summed E-state index contributed by atoms with van der Waals surface area (Å²) in [6.07, 6.45) is 4.81. The van der Waals surface area contributed by atoms with E-state index in [2.05, 4.69) is 46.9 Å². The van der Waals surface area contributed by atoms with Gasteiger partial charge < -0.3 is 14.7 Å². The average molecular weight is 327 g/mol. The standard InChI is InChI=1S/C18H21N3O3/c1-12-3-4-13(2)16(9-12)24-14-5-7-21(8-6-14)17-11-19-15(10-20-17)18(22)23/h3-4,9-11,14H,5-8H2,1-2H3,(H,22,23). The fraction of sp³-hybridized carbons (Fsp3) is 0.389. The summed E-state index contributed by atoms with van der Waals surface area (Å²) in [6, 6.07) is 6.25. The quantitative estimate of drug-likeness (QED) is 0.930. The predicted octanol–water partition coefficient (Wildman–Crippen LogP) is 2.84. The van der Waals surface area contributed by atoms with Crippen LogP contribution < -0.4 is 9.64 Å². The van der Waals surface area contributed by atoms with Gasteiger partial charge in [-0.2, -0.15) is 0 Å². The molecule has 0 aliphatic carbocycles. The highest BCUT2D eigenvalue weighted by molar-refractivity contribution is 5.84. The Morgan fingerprint density at radius 2 is 1.96 bits per heavy atom. The number of piperidine rings is 1. The second-order valence-electron chi connectivity index (χ2n) is 6.14. The Hall–Kier alpha value is -2.63. The Balaban J connectivity index is 1.59. The molecule has 0 unspecified atom stereocenters. The summed E-state index contributed by atoms with van der Waals surface area (Å²) in [5, 5.41) is 8.87. The molecule has 0 radical (unpaired) electrons. The van der Waals surface area contributed by atoms with E-state index in [4.69, 9.17) is 9.84 Å². The third kappa shape index (κ3) is 3.64. The molecule has 6 nitrogen and oxygen atoms in total. The van der Waals surface area contributed by atoms with Gasteiger partial charge in [0.1, 0.15) is 17.7 Å². The molecule has 126 valence electrons. The van der Waals surface area contributed by atoms with Gasteiger partial charge >= 0.3 is 5.97 Å². The molecule has 1 aliphatic heterocycles. The van der Waals surface area contributed by atoms with Gasteiger partial charge in [0.25, 0.3) is 0 Å². The first-order valence-electron chi connectivity index (χ1n) is 8.07. The number of aryl methyl sites for hydroxylation is 2. The molecule has 1 aliphatic rings. The number of aromatic nitrogens is 2. The fourth-order valence-corrected chi connectivity index (χ4v) is 2.81. The number of anilines is 1. The molecule has 0 bridgehead atoms. The highest BCUT2D eigenvalue weighted by Gasteiger charge is 2.22. The van der Waals surface area contributed by atoms with E-state index in [0.29, 0.717) is 5.82 Å². The highest BCUT2D eigenvalue weighted by atomic mass is 16.5. The maximum atomic E-state index is 10.8. The first kappa shape index (κ1) is 16.2. The summed E-state index contributed by atoms with van der Waals surface area (Å²) in [7, 11) is 0. The molecular formula is C18H21N3O3. The van der Waals surface area contributed by atoms with Crippen molar-refractivity contribution in [3.63, 3.8) is 0 Å². The minimum absolute atomic E-state index is 0.0353. The first-order valence-corrected chi connectivity index (χ1v) is 8.07. The SMILES string of the molecule is Cc1ccc(C)c(OC2CCN(c3cnc(C(=O)O)cn3)CC2)c1. The van der Waals surface area contributed by atoms with Crippen molar-refractivity contribution >= 4 is 11.8 Å². The lowest BCUT2D eigenvalue weighted by Gasteiger charge is -2.33. The summed E-state index contributed by atoms with van der Waals surface area (Å²) in [4.78, 5) is 21.1. The monoisotopic (exact) mass is 327 g/mol. The second-order valence-corrected chi connectivity index (χ2v) is 6.14. The van der Waals surface area contributed by atoms with E-state index in [1.54, 1.807) is 0 Å². The predicted molar refractivity (Wildman–Crippen MR) is 90.8 cm³/mol. The van der Waals surface area contributed by atoms with Crippen LogP contribution in [0.25, 0.3) is 0 Å². The van der Waals surface area contributed by atoms with E-state index in [0.717, 1.165) is 37.2 Å². The molecule has 0 amide bonds. The Bertz CT molecular complexity index is 723. The summed E-state index contributed by atoms with van der Waals surface area (Å²) < 4.78 is 6.16. The Morgan fingerprint density at radius 1 is 1.21 bits per heavy atom. The van der Waals surface area contributed by atoms with Crippen LogP contribution in [-0.2, 0) is 0 Å². The molecule has 1 saturated heterocycles. The molecular weight excluding hydrogens is 306 g/mol. The van der Waals surface area contributed by atoms with Gasteiger partial charge in [0.05, 0.1) is 12.4 Å². The minimum atomic E-state index is -1.06. The molecule has 6 heteroatoms. The van der Waals surface area contributed by atoms with Gasteiger partial charge in [-0.05, 0) is 31.0 Å². The van der Waals surface area contributed by atoms with Crippen molar-refractivity contribution in [2.45, 2.75) is 32.8 Å². The van der Waals surface area contributed by atoms with Gasteiger partial charge in [0.2, 0.25) is 0 Å². The van der Waals surface area contributed by atoms with E-state index in [-0.39, 0.29) is 11.8 Å². The van der Waals surface area contributed by atoms with E-state index in [9.17, 15) is 4.79 Å². The molecule has 3 rings (SSSR count). The largest absolute Gasteiger partial charge is 0.490 e. The Kier molecular flexibility index (Phi) is 4.64. The summed E-state index contributed by atoms with van der Waals surface area (Å²) in [5.41, 5.74) is 2.31. The molecule has 1 aromatic heterocycles. The smallest absolute Gasteiger partial charge is 0.356 e. The third-order valence-corrected chi connectivity index (χ3v) is 4.26. The lowest BCUT2D eigenvalue weighted by Crippen LogP contribution is -2.38. The molecule has 2 aromatic rings. The summed E-state index contributed by atoms with van der Waals surface area (Å²) >= 11 is 0. The Morgan fingerprint density at radius 3 is 2.58 bits per heavy atom. The van der Waals surface area contributed by atoms with Crippen molar-refractivity contribution in [3.05, 3.63) is 47.4 Å². The van der Waals surface area contributed by atoms with Crippen LogP contribution in [0.1, 0.15) is 34.5 Å². The maximum absolute atomic E-state index is 10.8. The number of nitrogens with zero attached hydrogens (tertiary/aromatic N) is 3. The highest BCUT2D eigenvalue weighted by Crippen LogP contribution is 2.25. The van der Waals surface area contributed by atoms with Crippen molar-refractivity contribution in [2.75, 3.05) is 18.0 Å². The number of carboxylic acids is 1. The number of carboxylic acid groups (broad SMARTS) is 1. The normalized spacial score (nSPS) is 15.3. The third-order valence-electron chi connectivity index (χ3n) is 4.26. The Labute approximate surface area is 141 Å². The molecule has 1 N–H and O–H groups in total. The molecule has 24 heavy (non-hydrogen) atoms. The number of carbonyl (C=O) groups is 1. The van der Waals surface area contributed by atoms with E-state index in [1.807, 2.05) is 0 Å². The zero-order valence-electron chi connectivity index (χ0n) is 13.9. The number of hydrogen-bond donors (Lipinski definition) is 1. The zero-order valence-corrected chi connectivity index (χ0v) is 13.9. The number of aromatic carboxylic acids is 1. The zero-order chi connectivity index (χ0) is 17.1. The van der Waals surface area contributed by atoms with Crippen molar-refractivity contribution < 1.29 is 14.6 Å². The van der Waals surface area contributed by atoms with Crippen LogP contribution in [-0.4, -0.2) is 40.2 Å². The average Bonchev–Trinajstić information content (AvgIpc) is 2.59. The number of benzene rings is 1. The van der Waals surface area contributed by atoms with E-state index in [1.165, 1.54) is 18.0 Å². The van der Waals surface area contributed by atoms with Gasteiger partial charge in [-0.25, -0.2) is 14.8 Å². The maximum Gasteiger partial charge on any atom is 0.356 e. The van der Waals surface area contributed by atoms with Gasteiger partial charge in [0, 0.05) is 25.9 Å². The number of rotatable bonds is 4. The van der Waals surface area contributed by atoms with Crippen LogP contribution in [0.3, 0.4) is 0 Å². The van der Waals surface area contributed by atoms with Crippen molar-refractivity contribution in [2.24, 2.45) is 0 Å². The van der Waals surface area contributed by atoms with Gasteiger partial charge in [0.15, 0.2) is 5.69 Å². The number of ether oxygens (including phenoxy) is 1. The van der Waals surface area contributed by atoms with Crippen LogP contribution in [0.4, 0.5) is 5.82 Å². The van der Waals surface area contributed by atoms with Crippen LogP contribution in [0, 0.1) is 13.8 Å². The van der Waals surface area contributed by atoms with E-state index < -0.39 is 5.97 Å². The molecule has 0 saturated carbocycles. The molecule has 0 atom stereocenters. The van der Waals surface area contributed by atoms with Crippen LogP contribution in [0.5, 0.6) is 5.75 Å². The van der Waals surface area contributed by atoms with Crippen molar-refractivity contribution in [1.29, 1.82) is 0 Å². The lowest BCUT2D eigenvalue weighted by molar-refractivity contribution is 0.0690. The van der Waals surface area contributed by atoms with Crippen LogP contribution in [0.15, 0.2) is 30.6 Å². The first-order chi connectivity index (χ1) is 11.5. The minimum Gasteiger partial charge on any atom is -0.490 e. The summed E-state index contributed by atoms with van der Waals surface area (Å²) in [5.74, 6) is 0.610. The molecule has 1 fully saturated rings. The fourth-order valence-electron chi connectivity index (χ4n) is 2.81. The molecule has 2 heterocycles. The summed E-state index contributed by atoms with van der Waals surface area (Å²) in [6.45, 7) is 5.76. The van der Waals surface area contributed by atoms with Crippen molar-refractivity contribution in [1.82, 2.24) is 9.97 Å². The van der Waals surface area contributed by atoms with Gasteiger partial charge in [-0.1, -0.05) is 12.1 Å². The molecule has 0 spiro atoms. The topological polar surface area (TPSA) is 75.5 Å². The van der Waals surface area contributed by atoms with Gasteiger partial charge in [-0.3, -0.25) is 0 Å². The van der Waals surface area contributed by atoms with Crippen molar-refractivity contribution in [3.8, 4) is 5.75 Å². The van der Waals surface area contributed by atoms with Crippen LogP contribution in [0.2, 0.25) is 0 Å². The second kappa shape index (κ2) is 6.86. The number of hydrogen-bond acceptors (Lipinski definition) is 5.